The molecule has 0 aromatic heterocycles. The van der Waals surface area contributed by atoms with Crippen molar-refractivity contribution in [3.05, 3.63) is 42.0 Å². The summed E-state index contributed by atoms with van der Waals surface area (Å²) in [4.78, 5) is 13.9. The quantitative estimate of drug-likeness (QED) is 0.416. The molecule has 1 aliphatic rings. The van der Waals surface area contributed by atoms with Crippen molar-refractivity contribution in [2.75, 3.05) is 18.0 Å². The second-order valence-corrected chi connectivity index (χ2v) is 5.63. The lowest BCUT2D eigenvalue weighted by molar-refractivity contribution is 0.101. The third-order valence-electron chi connectivity index (χ3n) is 4.04. The van der Waals surface area contributed by atoms with Gasteiger partial charge >= 0.3 is 0 Å². The van der Waals surface area contributed by atoms with Crippen LogP contribution in [0.2, 0.25) is 0 Å². The summed E-state index contributed by atoms with van der Waals surface area (Å²) in [6.45, 7) is 7.68. The number of anilines is 1. The van der Waals surface area contributed by atoms with Crippen molar-refractivity contribution in [1.29, 1.82) is 0 Å². The van der Waals surface area contributed by atoms with Crippen LogP contribution >= 0.6 is 0 Å². The summed E-state index contributed by atoms with van der Waals surface area (Å²) in [5.74, 6) is 0.161. The van der Waals surface area contributed by atoms with Crippen LogP contribution in [0.1, 0.15) is 54.9 Å². The van der Waals surface area contributed by atoms with Gasteiger partial charge in [-0.2, -0.15) is 0 Å². The van der Waals surface area contributed by atoms with Gasteiger partial charge in [0.15, 0.2) is 5.78 Å². The summed E-state index contributed by atoms with van der Waals surface area (Å²) in [5, 5.41) is 0. The highest BCUT2D eigenvalue weighted by Crippen LogP contribution is 2.28. The Morgan fingerprint density at radius 3 is 2.95 bits per heavy atom. The van der Waals surface area contributed by atoms with Crippen molar-refractivity contribution in [3.63, 3.8) is 0 Å². The molecule has 0 N–H and O–H groups in total. The average Bonchev–Trinajstić information content (AvgIpc) is 2.46. The number of carbonyl (C=O) groups is 1. The number of nitrogens with zero attached hydrogens (tertiary/aromatic N) is 1. The Bertz CT molecular complexity index is 478. The van der Waals surface area contributed by atoms with Crippen molar-refractivity contribution in [2.24, 2.45) is 0 Å². The largest absolute Gasteiger partial charge is 0.371 e. The Kier molecular flexibility index (Phi) is 5.40. The number of unbranched alkanes of at least 4 members (excludes halogenated alkanes) is 3. The van der Waals surface area contributed by atoms with Gasteiger partial charge in [0.1, 0.15) is 0 Å². The summed E-state index contributed by atoms with van der Waals surface area (Å²) in [6.07, 6.45) is 9.17. The van der Waals surface area contributed by atoms with Gasteiger partial charge in [-0.25, -0.2) is 0 Å². The molecule has 0 amide bonds. The fourth-order valence-corrected chi connectivity index (χ4v) is 2.89. The van der Waals surface area contributed by atoms with E-state index in [1.165, 1.54) is 36.9 Å². The first-order chi connectivity index (χ1) is 9.72. The normalized spacial score (nSPS) is 13.9. The minimum Gasteiger partial charge on any atom is -0.371 e. The van der Waals surface area contributed by atoms with Crippen molar-refractivity contribution in [3.8, 4) is 0 Å². The van der Waals surface area contributed by atoms with Gasteiger partial charge < -0.3 is 4.90 Å². The van der Waals surface area contributed by atoms with Crippen LogP contribution in [-0.4, -0.2) is 18.9 Å². The van der Waals surface area contributed by atoms with E-state index in [0.717, 1.165) is 31.5 Å². The maximum absolute atomic E-state index is 11.5. The maximum atomic E-state index is 11.5. The third-order valence-corrected chi connectivity index (χ3v) is 4.04. The van der Waals surface area contributed by atoms with Crippen LogP contribution in [0, 0.1) is 0 Å². The number of carbonyl (C=O) groups excluding carboxylic acids is 1. The number of aryl methyl sites for hydroxylation is 1. The lowest BCUT2D eigenvalue weighted by Gasteiger charge is -2.31. The van der Waals surface area contributed by atoms with Crippen LogP contribution in [0.3, 0.4) is 0 Å². The number of ketones is 1. The fourth-order valence-electron chi connectivity index (χ4n) is 2.89. The molecule has 108 valence electrons. The van der Waals surface area contributed by atoms with Gasteiger partial charge in [0, 0.05) is 24.3 Å². The number of hydrogen-bond acceptors (Lipinski definition) is 2. The molecule has 0 radical (unpaired) electrons. The molecule has 20 heavy (non-hydrogen) atoms. The zero-order valence-corrected chi connectivity index (χ0v) is 12.5. The van der Waals surface area contributed by atoms with Crippen LogP contribution in [0.15, 0.2) is 30.9 Å². The van der Waals surface area contributed by atoms with E-state index in [1.54, 1.807) is 6.92 Å². The van der Waals surface area contributed by atoms with E-state index < -0.39 is 0 Å². The highest BCUT2D eigenvalue weighted by atomic mass is 16.1. The zero-order valence-electron chi connectivity index (χ0n) is 12.5. The summed E-state index contributed by atoms with van der Waals surface area (Å²) in [5.41, 5.74) is 3.52. The van der Waals surface area contributed by atoms with Gasteiger partial charge in [-0.05, 0) is 62.8 Å². The standard InChI is InChI=1S/C18H25NO/c1-3-4-5-6-7-12-19-13-8-9-17-14-16(15(2)20)10-11-18(17)19/h3,10-11,14H,1,4-9,12-13H2,2H3. The van der Waals surface area contributed by atoms with E-state index in [-0.39, 0.29) is 5.78 Å². The van der Waals surface area contributed by atoms with Crippen molar-refractivity contribution in [1.82, 2.24) is 0 Å². The molecule has 0 atom stereocenters. The van der Waals surface area contributed by atoms with Crippen LogP contribution in [-0.2, 0) is 6.42 Å². The lowest BCUT2D eigenvalue weighted by Crippen LogP contribution is -2.30. The number of fused-ring (bicyclic) bond motifs is 1. The molecular weight excluding hydrogens is 246 g/mol. The molecule has 1 aliphatic heterocycles. The molecule has 0 saturated heterocycles. The Balaban J connectivity index is 1.97. The van der Waals surface area contributed by atoms with Crippen molar-refractivity contribution >= 4 is 11.5 Å². The molecule has 0 saturated carbocycles. The second kappa shape index (κ2) is 7.28. The summed E-state index contributed by atoms with van der Waals surface area (Å²) in [6, 6.07) is 6.19. The predicted octanol–water partition coefficient (Wildman–Crippen LogP) is 4.39. The highest BCUT2D eigenvalue weighted by molar-refractivity contribution is 5.94. The molecule has 0 aliphatic carbocycles. The van der Waals surface area contributed by atoms with E-state index in [1.807, 2.05) is 12.1 Å². The Morgan fingerprint density at radius 2 is 2.20 bits per heavy atom. The predicted molar refractivity (Wildman–Crippen MR) is 85.6 cm³/mol. The molecular formula is C18H25NO. The van der Waals surface area contributed by atoms with E-state index in [9.17, 15) is 4.79 Å². The maximum Gasteiger partial charge on any atom is 0.159 e. The molecule has 2 rings (SSSR count). The monoisotopic (exact) mass is 271 g/mol. The average molecular weight is 271 g/mol. The van der Waals surface area contributed by atoms with Gasteiger partial charge in [0.2, 0.25) is 0 Å². The van der Waals surface area contributed by atoms with E-state index in [4.69, 9.17) is 0 Å². The summed E-state index contributed by atoms with van der Waals surface area (Å²) in [7, 11) is 0. The van der Waals surface area contributed by atoms with Gasteiger partial charge in [0.25, 0.3) is 0 Å². The number of allylic oxidation sites excluding steroid dienone is 1. The SMILES string of the molecule is C=CCCCCCN1CCCc2cc(C(C)=O)ccc21. The molecule has 0 unspecified atom stereocenters. The fraction of sp³-hybridized carbons (Fsp3) is 0.500. The first-order valence-corrected chi connectivity index (χ1v) is 7.72. The molecule has 0 fully saturated rings. The van der Waals surface area contributed by atoms with Crippen LogP contribution in [0.5, 0.6) is 0 Å². The number of rotatable bonds is 7. The molecule has 2 heteroatoms. The van der Waals surface area contributed by atoms with Gasteiger partial charge in [-0.3, -0.25) is 4.79 Å². The molecule has 0 bridgehead atoms. The number of hydrogen-bond donors (Lipinski definition) is 0. The first-order valence-electron chi connectivity index (χ1n) is 7.72. The van der Waals surface area contributed by atoms with Crippen molar-refractivity contribution < 1.29 is 4.79 Å². The van der Waals surface area contributed by atoms with Crippen LogP contribution < -0.4 is 4.90 Å². The minimum absolute atomic E-state index is 0.161. The molecule has 1 aromatic rings. The highest BCUT2D eigenvalue weighted by Gasteiger charge is 2.17. The summed E-state index contributed by atoms with van der Waals surface area (Å²) < 4.78 is 0. The Labute approximate surface area is 122 Å². The second-order valence-electron chi connectivity index (χ2n) is 5.63. The van der Waals surface area contributed by atoms with E-state index in [0.29, 0.717) is 0 Å². The van der Waals surface area contributed by atoms with Crippen LogP contribution in [0.25, 0.3) is 0 Å². The van der Waals surface area contributed by atoms with Gasteiger partial charge in [0.05, 0.1) is 0 Å². The molecule has 2 nitrogen and oxygen atoms in total. The smallest absolute Gasteiger partial charge is 0.159 e. The Morgan fingerprint density at radius 1 is 1.35 bits per heavy atom. The van der Waals surface area contributed by atoms with E-state index >= 15 is 0 Å². The topological polar surface area (TPSA) is 20.3 Å². The van der Waals surface area contributed by atoms with Crippen molar-refractivity contribution in [2.45, 2.75) is 45.4 Å². The number of benzene rings is 1. The first kappa shape index (κ1) is 14.8. The van der Waals surface area contributed by atoms with Gasteiger partial charge in [-0.15, -0.1) is 6.58 Å². The van der Waals surface area contributed by atoms with Crippen LogP contribution in [0.4, 0.5) is 5.69 Å². The zero-order chi connectivity index (χ0) is 14.4. The van der Waals surface area contributed by atoms with Gasteiger partial charge in [-0.1, -0.05) is 12.5 Å². The van der Waals surface area contributed by atoms with E-state index in [2.05, 4.69) is 23.6 Å². The Hall–Kier alpha value is -1.57. The molecule has 0 spiro atoms. The lowest BCUT2D eigenvalue weighted by atomic mass is 9.97. The molecule has 1 heterocycles. The number of Topliss-reactive ketones (excluding diaryl/α,β-unsaturated/α-hetero) is 1. The molecule has 1 aromatic carbocycles. The summed E-state index contributed by atoms with van der Waals surface area (Å²) >= 11 is 0. The third kappa shape index (κ3) is 3.72. The minimum atomic E-state index is 0.161.